The van der Waals surface area contributed by atoms with Crippen LogP contribution in [0.15, 0.2) is 12.2 Å². The van der Waals surface area contributed by atoms with Crippen LogP contribution in [0.25, 0.3) is 0 Å². The number of carbonyl (C=O) groups is 2. The van der Waals surface area contributed by atoms with Crippen molar-refractivity contribution in [3.63, 3.8) is 0 Å². The molecular formula is C16H27NO5. The van der Waals surface area contributed by atoms with Gasteiger partial charge in [-0.25, -0.2) is 9.59 Å². The number of hydrogen-bond acceptors (Lipinski definition) is 6. The molecule has 1 aliphatic heterocycles. The van der Waals surface area contributed by atoms with E-state index in [1.807, 2.05) is 6.92 Å². The summed E-state index contributed by atoms with van der Waals surface area (Å²) in [6.07, 6.45) is 5.93. The van der Waals surface area contributed by atoms with Crippen molar-refractivity contribution in [2.75, 3.05) is 46.1 Å². The van der Waals surface area contributed by atoms with Gasteiger partial charge < -0.3 is 14.2 Å². The van der Waals surface area contributed by atoms with Crippen molar-refractivity contribution in [2.24, 2.45) is 0 Å². The predicted octanol–water partition coefficient (Wildman–Crippen LogP) is 1.54. The maximum Gasteiger partial charge on any atom is 0.331 e. The van der Waals surface area contributed by atoms with Crippen molar-refractivity contribution >= 4 is 11.9 Å². The Kier molecular flexibility index (Phi) is 10.3. The van der Waals surface area contributed by atoms with Crippen LogP contribution in [0, 0.1) is 0 Å². The molecule has 1 aliphatic rings. The third-order valence-electron chi connectivity index (χ3n) is 3.27. The molecule has 0 radical (unpaired) electrons. The standard InChI is InChI=1S/C16H27NO5/c1-2-11-21-15(18)6-7-16(19)22-12-5-3-4-8-17-9-13-20-14-10-17/h6-7H,2-5,8-14H2,1H3/b7-6+. The van der Waals surface area contributed by atoms with Gasteiger partial charge in [-0.2, -0.15) is 0 Å². The van der Waals surface area contributed by atoms with Gasteiger partial charge in [-0.3, -0.25) is 4.90 Å². The third-order valence-corrected chi connectivity index (χ3v) is 3.27. The summed E-state index contributed by atoms with van der Waals surface area (Å²) in [5.74, 6) is -1.01. The van der Waals surface area contributed by atoms with E-state index in [9.17, 15) is 9.59 Å². The average molecular weight is 313 g/mol. The van der Waals surface area contributed by atoms with Crippen LogP contribution in [0.5, 0.6) is 0 Å². The Morgan fingerprint density at radius 3 is 2.27 bits per heavy atom. The molecule has 126 valence electrons. The third kappa shape index (κ3) is 9.52. The van der Waals surface area contributed by atoms with E-state index in [4.69, 9.17) is 14.2 Å². The topological polar surface area (TPSA) is 65.1 Å². The minimum absolute atomic E-state index is 0.362. The fourth-order valence-corrected chi connectivity index (χ4v) is 2.05. The molecule has 0 N–H and O–H groups in total. The van der Waals surface area contributed by atoms with Gasteiger partial charge in [0.25, 0.3) is 0 Å². The first kappa shape index (κ1) is 18.6. The van der Waals surface area contributed by atoms with Gasteiger partial charge in [0, 0.05) is 25.2 Å². The maximum absolute atomic E-state index is 11.4. The summed E-state index contributed by atoms with van der Waals surface area (Å²) in [6, 6.07) is 0. The minimum atomic E-state index is -0.510. The lowest BCUT2D eigenvalue weighted by molar-refractivity contribution is -0.140. The average Bonchev–Trinajstić information content (AvgIpc) is 2.55. The Labute approximate surface area is 132 Å². The molecule has 1 rings (SSSR count). The van der Waals surface area contributed by atoms with Crippen LogP contribution < -0.4 is 0 Å². The van der Waals surface area contributed by atoms with Crippen molar-refractivity contribution in [2.45, 2.75) is 32.6 Å². The second-order valence-corrected chi connectivity index (χ2v) is 5.18. The van der Waals surface area contributed by atoms with Crippen LogP contribution in [0.2, 0.25) is 0 Å². The van der Waals surface area contributed by atoms with Gasteiger partial charge in [0.05, 0.1) is 26.4 Å². The summed E-state index contributed by atoms with van der Waals surface area (Å²) in [7, 11) is 0. The molecule has 0 unspecified atom stereocenters. The Bertz CT molecular complexity index is 350. The quantitative estimate of drug-likeness (QED) is 0.346. The smallest absolute Gasteiger partial charge is 0.331 e. The molecular weight excluding hydrogens is 286 g/mol. The number of nitrogens with zero attached hydrogens (tertiary/aromatic N) is 1. The van der Waals surface area contributed by atoms with Crippen molar-refractivity contribution in [1.29, 1.82) is 0 Å². The fourth-order valence-electron chi connectivity index (χ4n) is 2.05. The van der Waals surface area contributed by atoms with Gasteiger partial charge >= 0.3 is 11.9 Å². The lowest BCUT2D eigenvalue weighted by Gasteiger charge is -2.26. The fraction of sp³-hybridized carbons (Fsp3) is 0.750. The molecule has 22 heavy (non-hydrogen) atoms. The maximum atomic E-state index is 11.4. The molecule has 6 nitrogen and oxygen atoms in total. The van der Waals surface area contributed by atoms with Crippen LogP contribution in [-0.4, -0.2) is 62.9 Å². The summed E-state index contributed by atoms with van der Waals surface area (Å²) in [5.41, 5.74) is 0. The van der Waals surface area contributed by atoms with Crippen LogP contribution >= 0.6 is 0 Å². The molecule has 0 aliphatic carbocycles. The first-order valence-corrected chi connectivity index (χ1v) is 8.04. The second-order valence-electron chi connectivity index (χ2n) is 5.18. The molecule has 0 aromatic heterocycles. The van der Waals surface area contributed by atoms with Crippen molar-refractivity contribution in [1.82, 2.24) is 4.90 Å². The van der Waals surface area contributed by atoms with Gasteiger partial charge in [-0.15, -0.1) is 0 Å². The normalized spacial score (nSPS) is 15.9. The number of rotatable bonds is 10. The minimum Gasteiger partial charge on any atom is -0.463 e. The van der Waals surface area contributed by atoms with E-state index >= 15 is 0 Å². The van der Waals surface area contributed by atoms with Crippen LogP contribution in [0.4, 0.5) is 0 Å². The molecule has 0 saturated carbocycles. The zero-order valence-corrected chi connectivity index (χ0v) is 13.4. The molecule has 0 spiro atoms. The number of hydrogen-bond donors (Lipinski definition) is 0. The summed E-state index contributed by atoms with van der Waals surface area (Å²) in [4.78, 5) is 24.9. The number of carbonyl (C=O) groups excluding carboxylic acids is 2. The van der Waals surface area contributed by atoms with Crippen LogP contribution in [0.1, 0.15) is 32.6 Å². The number of esters is 2. The number of morpholine rings is 1. The van der Waals surface area contributed by atoms with Crippen LogP contribution in [-0.2, 0) is 23.8 Å². The Hall–Kier alpha value is -1.40. The molecule has 0 atom stereocenters. The Balaban J connectivity index is 1.95. The molecule has 0 aromatic rings. The van der Waals surface area contributed by atoms with Crippen molar-refractivity contribution in [3.8, 4) is 0 Å². The van der Waals surface area contributed by atoms with Gasteiger partial charge in [-0.05, 0) is 32.2 Å². The molecule has 0 aromatic carbocycles. The van der Waals surface area contributed by atoms with E-state index in [1.54, 1.807) is 0 Å². The Morgan fingerprint density at radius 2 is 1.64 bits per heavy atom. The second kappa shape index (κ2) is 12.2. The van der Waals surface area contributed by atoms with Gasteiger partial charge in [0.2, 0.25) is 0 Å². The first-order chi connectivity index (χ1) is 10.7. The van der Waals surface area contributed by atoms with Crippen molar-refractivity contribution < 1.29 is 23.8 Å². The zero-order chi connectivity index (χ0) is 16.0. The number of unbranched alkanes of at least 4 members (excludes halogenated alkanes) is 2. The van der Waals surface area contributed by atoms with Gasteiger partial charge in [0.15, 0.2) is 0 Å². The highest BCUT2D eigenvalue weighted by molar-refractivity contribution is 5.91. The first-order valence-electron chi connectivity index (χ1n) is 8.04. The lowest BCUT2D eigenvalue weighted by Crippen LogP contribution is -2.36. The highest BCUT2D eigenvalue weighted by atomic mass is 16.5. The van der Waals surface area contributed by atoms with Gasteiger partial charge in [-0.1, -0.05) is 6.92 Å². The monoisotopic (exact) mass is 313 g/mol. The highest BCUT2D eigenvalue weighted by Crippen LogP contribution is 2.02. The Morgan fingerprint density at radius 1 is 1.00 bits per heavy atom. The molecule has 0 amide bonds. The van der Waals surface area contributed by atoms with E-state index in [1.165, 1.54) is 0 Å². The highest BCUT2D eigenvalue weighted by Gasteiger charge is 2.09. The van der Waals surface area contributed by atoms with Crippen LogP contribution in [0.3, 0.4) is 0 Å². The summed E-state index contributed by atoms with van der Waals surface area (Å²) in [5, 5.41) is 0. The summed E-state index contributed by atoms with van der Waals surface area (Å²) in [6.45, 7) is 7.39. The van der Waals surface area contributed by atoms with E-state index in [2.05, 4.69) is 4.90 Å². The predicted molar refractivity (Wildman–Crippen MR) is 82.5 cm³/mol. The van der Waals surface area contributed by atoms with E-state index < -0.39 is 11.9 Å². The van der Waals surface area contributed by atoms with Gasteiger partial charge in [0.1, 0.15) is 0 Å². The molecule has 1 heterocycles. The molecule has 0 bridgehead atoms. The summed E-state index contributed by atoms with van der Waals surface area (Å²) >= 11 is 0. The lowest BCUT2D eigenvalue weighted by atomic mass is 10.2. The SMILES string of the molecule is CCCOC(=O)/C=C/C(=O)OCCCCCN1CCOCC1. The molecule has 6 heteroatoms. The number of ether oxygens (including phenoxy) is 3. The zero-order valence-electron chi connectivity index (χ0n) is 13.4. The molecule has 1 saturated heterocycles. The molecule has 1 fully saturated rings. The van der Waals surface area contributed by atoms with E-state index in [-0.39, 0.29) is 0 Å². The largest absolute Gasteiger partial charge is 0.463 e. The van der Waals surface area contributed by atoms with Crippen molar-refractivity contribution in [3.05, 3.63) is 12.2 Å². The van der Waals surface area contributed by atoms with E-state index in [0.717, 1.165) is 70.7 Å². The van der Waals surface area contributed by atoms with E-state index in [0.29, 0.717) is 13.2 Å². The summed E-state index contributed by atoms with van der Waals surface area (Å²) < 4.78 is 15.1.